The highest BCUT2D eigenvalue weighted by Crippen LogP contribution is 2.35. The fraction of sp³-hybridized carbons (Fsp3) is 0.625. The Morgan fingerprint density at radius 1 is 1.10 bits per heavy atom. The molecule has 0 aliphatic heterocycles. The van der Waals surface area contributed by atoms with E-state index in [1.807, 2.05) is 13.0 Å². The van der Waals surface area contributed by atoms with Crippen LogP contribution < -0.4 is 9.47 Å². The van der Waals surface area contributed by atoms with Gasteiger partial charge >= 0.3 is 0 Å². The molecule has 1 rings (SSSR count). The normalized spacial score (nSPS) is 10.3. The number of ether oxygens (including phenoxy) is 2. The zero-order valence-corrected chi connectivity index (χ0v) is 12.9. The van der Waals surface area contributed by atoms with Crippen molar-refractivity contribution >= 4 is 5.69 Å². The molecule has 4 nitrogen and oxygen atoms in total. The topological polar surface area (TPSA) is 54.7 Å². The molecule has 112 valence electrons. The van der Waals surface area contributed by atoms with Crippen LogP contribution in [0.5, 0.6) is 11.5 Å². The standard InChI is InChI=1S/C16H26N2O2/c1-4-5-6-7-8-9-10-20-14-11-13(2)16(18-17)15(12-14)19-3/h11-12,17H,4-10H2,1-3H3. The number of aryl methyl sites for hydroxylation is 1. The van der Waals surface area contributed by atoms with Crippen LogP contribution in [0.4, 0.5) is 5.69 Å². The van der Waals surface area contributed by atoms with Crippen molar-refractivity contribution in [3.63, 3.8) is 0 Å². The van der Waals surface area contributed by atoms with E-state index >= 15 is 0 Å². The van der Waals surface area contributed by atoms with Gasteiger partial charge in [0.1, 0.15) is 17.2 Å². The van der Waals surface area contributed by atoms with Crippen LogP contribution in [0, 0.1) is 12.5 Å². The van der Waals surface area contributed by atoms with Crippen LogP contribution in [-0.2, 0) is 0 Å². The second-order valence-electron chi connectivity index (χ2n) is 5.02. The van der Waals surface area contributed by atoms with Gasteiger partial charge in [-0.3, -0.25) is 0 Å². The number of hydrogen-bond donors (Lipinski definition) is 1. The van der Waals surface area contributed by atoms with Crippen LogP contribution in [0.1, 0.15) is 51.0 Å². The molecule has 0 atom stereocenters. The minimum atomic E-state index is 0.569. The summed E-state index contributed by atoms with van der Waals surface area (Å²) in [5.74, 6) is 1.39. The quantitative estimate of drug-likeness (QED) is 0.460. The van der Waals surface area contributed by atoms with Crippen LogP contribution in [0.25, 0.3) is 0 Å². The highest BCUT2D eigenvalue weighted by atomic mass is 16.5. The molecule has 0 bridgehead atoms. The molecule has 20 heavy (non-hydrogen) atoms. The van der Waals surface area contributed by atoms with Crippen molar-refractivity contribution in [3.8, 4) is 11.5 Å². The Labute approximate surface area is 122 Å². The molecule has 1 aromatic rings. The van der Waals surface area contributed by atoms with Gasteiger partial charge in [-0.1, -0.05) is 39.0 Å². The maximum Gasteiger partial charge on any atom is 0.150 e. The molecule has 0 aromatic heterocycles. The lowest BCUT2D eigenvalue weighted by Crippen LogP contribution is -1.98. The Kier molecular flexibility index (Phi) is 7.70. The second-order valence-corrected chi connectivity index (χ2v) is 5.02. The van der Waals surface area contributed by atoms with Gasteiger partial charge in [-0.15, -0.1) is 0 Å². The van der Waals surface area contributed by atoms with Crippen molar-refractivity contribution in [2.24, 2.45) is 5.11 Å². The van der Waals surface area contributed by atoms with Crippen molar-refractivity contribution in [2.75, 3.05) is 13.7 Å². The fourth-order valence-corrected chi connectivity index (χ4v) is 2.17. The predicted octanol–water partition coefficient (Wildman–Crippen LogP) is 5.41. The molecule has 0 amide bonds. The second kappa shape index (κ2) is 9.34. The third-order valence-electron chi connectivity index (χ3n) is 3.34. The molecule has 0 saturated carbocycles. The first-order chi connectivity index (χ1) is 9.72. The number of methoxy groups -OCH3 is 1. The smallest absolute Gasteiger partial charge is 0.150 e. The zero-order valence-electron chi connectivity index (χ0n) is 12.9. The summed E-state index contributed by atoms with van der Waals surface area (Å²) in [5, 5.41) is 3.49. The van der Waals surface area contributed by atoms with Gasteiger partial charge in [0.15, 0.2) is 0 Å². The number of benzene rings is 1. The third kappa shape index (κ3) is 5.19. The summed E-state index contributed by atoms with van der Waals surface area (Å²) in [7, 11) is 1.58. The van der Waals surface area contributed by atoms with Crippen LogP contribution in [0.3, 0.4) is 0 Å². The highest BCUT2D eigenvalue weighted by molar-refractivity contribution is 5.60. The van der Waals surface area contributed by atoms with Crippen molar-refractivity contribution in [3.05, 3.63) is 17.7 Å². The number of unbranched alkanes of at least 4 members (excludes halogenated alkanes) is 5. The van der Waals surface area contributed by atoms with Crippen LogP contribution in [0.2, 0.25) is 0 Å². The van der Waals surface area contributed by atoms with Gasteiger partial charge < -0.3 is 9.47 Å². The number of nitrogens with one attached hydrogen (secondary N) is 1. The molecule has 0 fully saturated rings. The summed E-state index contributed by atoms with van der Waals surface area (Å²) in [4.78, 5) is 0. The monoisotopic (exact) mass is 278 g/mol. The largest absolute Gasteiger partial charge is 0.494 e. The maximum absolute atomic E-state index is 7.15. The molecule has 4 heteroatoms. The van der Waals surface area contributed by atoms with Gasteiger partial charge in [-0.05, 0) is 25.0 Å². The molecule has 1 aromatic carbocycles. The van der Waals surface area contributed by atoms with Crippen molar-refractivity contribution in [1.29, 1.82) is 5.53 Å². The van der Waals surface area contributed by atoms with Gasteiger partial charge in [-0.2, -0.15) is 5.11 Å². The van der Waals surface area contributed by atoms with Crippen LogP contribution in [-0.4, -0.2) is 13.7 Å². The van der Waals surface area contributed by atoms with E-state index in [1.165, 1.54) is 32.1 Å². The minimum absolute atomic E-state index is 0.569. The summed E-state index contributed by atoms with van der Waals surface area (Å²) in [6.07, 6.45) is 7.52. The van der Waals surface area contributed by atoms with Crippen molar-refractivity contribution in [2.45, 2.75) is 52.4 Å². The van der Waals surface area contributed by atoms with Crippen molar-refractivity contribution < 1.29 is 9.47 Å². The SMILES string of the molecule is CCCCCCCCOc1cc(C)c(N=N)c(OC)c1. The number of rotatable bonds is 10. The molecule has 0 saturated heterocycles. The maximum atomic E-state index is 7.15. The lowest BCUT2D eigenvalue weighted by Gasteiger charge is -2.11. The fourth-order valence-electron chi connectivity index (χ4n) is 2.17. The van der Waals surface area contributed by atoms with E-state index in [1.54, 1.807) is 13.2 Å². The third-order valence-corrected chi connectivity index (χ3v) is 3.34. The van der Waals surface area contributed by atoms with Crippen molar-refractivity contribution in [1.82, 2.24) is 0 Å². The molecule has 0 unspecified atom stereocenters. The van der Waals surface area contributed by atoms with E-state index in [0.717, 1.165) is 24.3 Å². The molecule has 0 aliphatic rings. The van der Waals surface area contributed by atoms with Crippen LogP contribution >= 0.6 is 0 Å². The highest BCUT2D eigenvalue weighted by Gasteiger charge is 2.08. The van der Waals surface area contributed by atoms with Gasteiger partial charge in [-0.25, -0.2) is 5.53 Å². The zero-order chi connectivity index (χ0) is 14.8. The first-order valence-corrected chi connectivity index (χ1v) is 7.41. The Morgan fingerprint density at radius 2 is 1.80 bits per heavy atom. The molecule has 0 heterocycles. The molecule has 1 N–H and O–H groups in total. The van der Waals surface area contributed by atoms with Gasteiger partial charge in [0.25, 0.3) is 0 Å². The predicted molar refractivity (Wildman–Crippen MR) is 81.4 cm³/mol. The Hall–Kier alpha value is -1.58. The van der Waals surface area contributed by atoms with E-state index < -0.39 is 0 Å². The Bertz CT molecular complexity index is 419. The number of nitrogens with zero attached hydrogens (tertiary/aromatic N) is 1. The van der Waals surface area contributed by atoms with Gasteiger partial charge in [0, 0.05) is 6.07 Å². The molecule has 0 aliphatic carbocycles. The Balaban J connectivity index is 2.41. The average Bonchev–Trinajstić information content (AvgIpc) is 2.45. The molecule has 0 radical (unpaired) electrons. The first-order valence-electron chi connectivity index (χ1n) is 7.41. The Morgan fingerprint density at radius 3 is 2.45 bits per heavy atom. The summed E-state index contributed by atoms with van der Waals surface area (Å²) in [6.45, 7) is 4.87. The summed E-state index contributed by atoms with van der Waals surface area (Å²) < 4.78 is 11.0. The van der Waals surface area contributed by atoms with Gasteiger partial charge in [0.05, 0.1) is 13.7 Å². The minimum Gasteiger partial charge on any atom is -0.494 e. The van der Waals surface area contributed by atoms with E-state index in [9.17, 15) is 0 Å². The van der Waals surface area contributed by atoms with E-state index in [4.69, 9.17) is 15.0 Å². The average molecular weight is 278 g/mol. The van der Waals surface area contributed by atoms with E-state index in [0.29, 0.717) is 11.4 Å². The summed E-state index contributed by atoms with van der Waals surface area (Å²) in [5.41, 5.74) is 8.62. The lowest BCUT2D eigenvalue weighted by atomic mass is 10.1. The van der Waals surface area contributed by atoms with Crippen LogP contribution in [0.15, 0.2) is 17.2 Å². The summed E-state index contributed by atoms with van der Waals surface area (Å²) >= 11 is 0. The molecular formula is C16H26N2O2. The lowest BCUT2D eigenvalue weighted by molar-refractivity contribution is 0.302. The molecular weight excluding hydrogens is 252 g/mol. The van der Waals surface area contributed by atoms with E-state index in [2.05, 4.69) is 12.0 Å². The summed E-state index contributed by atoms with van der Waals surface area (Å²) in [6, 6.07) is 3.71. The van der Waals surface area contributed by atoms with E-state index in [-0.39, 0.29) is 0 Å². The van der Waals surface area contributed by atoms with Gasteiger partial charge in [0.2, 0.25) is 0 Å². The number of hydrogen-bond acceptors (Lipinski definition) is 4. The molecule has 0 spiro atoms. The first kappa shape index (κ1) is 16.5.